The molecule has 0 aromatic heterocycles. The highest BCUT2D eigenvalue weighted by molar-refractivity contribution is 7.98. The van der Waals surface area contributed by atoms with Gasteiger partial charge in [-0.25, -0.2) is 8.42 Å². The van der Waals surface area contributed by atoms with Crippen LogP contribution in [0, 0.1) is 20.8 Å². The van der Waals surface area contributed by atoms with Crippen molar-refractivity contribution in [3.05, 3.63) is 118 Å². The summed E-state index contributed by atoms with van der Waals surface area (Å²) < 4.78 is 28.4. The molecule has 0 saturated carbocycles. The zero-order valence-corrected chi connectivity index (χ0v) is 23.8. The summed E-state index contributed by atoms with van der Waals surface area (Å²) in [6.45, 7) is 5.24. The lowest BCUT2D eigenvalue weighted by Crippen LogP contribution is -2.38. The van der Waals surface area contributed by atoms with E-state index in [0.29, 0.717) is 16.4 Å². The summed E-state index contributed by atoms with van der Waals surface area (Å²) in [4.78, 5) is 14.5. The Morgan fingerprint density at radius 2 is 1.58 bits per heavy atom. The van der Waals surface area contributed by atoms with E-state index in [1.165, 1.54) is 4.90 Å². The van der Waals surface area contributed by atoms with Crippen LogP contribution in [0.1, 0.15) is 22.3 Å². The minimum absolute atomic E-state index is 0.101. The van der Waals surface area contributed by atoms with E-state index in [1.54, 1.807) is 54.2 Å². The zero-order valence-electron chi connectivity index (χ0n) is 21.4. The fourth-order valence-corrected chi connectivity index (χ4v) is 6.30. The Morgan fingerprint density at radius 1 is 0.868 bits per heavy atom. The van der Waals surface area contributed by atoms with Crippen LogP contribution >= 0.6 is 23.4 Å². The number of nitrogens with zero attached hydrogens (tertiary/aromatic N) is 1. The van der Waals surface area contributed by atoms with E-state index in [2.05, 4.69) is 17.4 Å². The molecule has 4 aromatic carbocycles. The highest BCUT2D eigenvalue weighted by Gasteiger charge is 2.28. The van der Waals surface area contributed by atoms with Crippen molar-refractivity contribution in [2.75, 3.05) is 16.2 Å². The number of carbonyl (C=O) groups is 1. The van der Waals surface area contributed by atoms with Crippen molar-refractivity contribution in [3.8, 4) is 0 Å². The molecule has 0 unspecified atom stereocenters. The summed E-state index contributed by atoms with van der Waals surface area (Å²) in [5.41, 5.74) is 4.74. The fraction of sp³-hybridized carbons (Fsp3) is 0.167. The Morgan fingerprint density at radius 3 is 2.24 bits per heavy atom. The number of hydrogen-bond donors (Lipinski definition) is 1. The molecule has 0 fully saturated rings. The topological polar surface area (TPSA) is 66.5 Å². The number of hydrogen-bond acceptors (Lipinski definition) is 4. The van der Waals surface area contributed by atoms with Gasteiger partial charge in [-0.05, 0) is 79.9 Å². The smallest absolute Gasteiger partial charge is 0.264 e. The molecule has 0 aliphatic heterocycles. The van der Waals surface area contributed by atoms with Gasteiger partial charge in [0.05, 0.1) is 10.6 Å². The number of anilines is 2. The van der Waals surface area contributed by atoms with E-state index < -0.39 is 22.5 Å². The predicted octanol–water partition coefficient (Wildman–Crippen LogP) is 7.39. The second-order valence-electron chi connectivity index (χ2n) is 9.06. The number of carbonyl (C=O) groups excluding carboxylic acids is 1. The summed E-state index contributed by atoms with van der Waals surface area (Å²) in [5, 5.41) is 3.31. The Bertz CT molecular complexity index is 1540. The second kappa shape index (κ2) is 12.1. The quantitative estimate of drug-likeness (QED) is 0.215. The first-order chi connectivity index (χ1) is 18.1. The minimum Gasteiger partial charge on any atom is -0.324 e. The first kappa shape index (κ1) is 27.8. The van der Waals surface area contributed by atoms with Crippen molar-refractivity contribution < 1.29 is 13.2 Å². The molecule has 0 saturated heterocycles. The number of halogens is 1. The zero-order chi connectivity index (χ0) is 27.3. The third-order valence-corrected chi connectivity index (χ3v) is 9.33. The van der Waals surface area contributed by atoms with Gasteiger partial charge in [0, 0.05) is 21.4 Å². The minimum atomic E-state index is -4.03. The lowest BCUT2D eigenvalue weighted by Gasteiger charge is -2.25. The molecule has 4 aromatic rings. The predicted molar refractivity (Wildman–Crippen MR) is 158 cm³/mol. The van der Waals surface area contributed by atoms with E-state index in [4.69, 9.17) is 11.6 Å². The third-order valence-electron chi connectivity index (χ3n) is 6.05. The van der Waals surface area contributed by atoms with E-state index >= 15 is 0 Å². The van der Waals surface area contributed by atoms with Crippen molar-refractivity contribution in [1.82, 2.24) is 0 Å². The molecule has 0 radical (unpaired) electrons. The van der Waals surface area contributed by atoms with Crippen LogP contribution < -0.4 is 9.62 Å². The number of sulfonamides is 1. The maximum atomic E-state index is 13.6. The summed E-state index contributed by atoms with van der Waals surface area (Å²) in [6.07, 6.45) is 0. The Balaban J connectivity index is 1.54. The van der Waals surface area contributed by atoms with E-state index in [0.717, 1.165) is 32.3 Å². The molecule has 0 atom stereocenters. The van der Waals surface area contributed by atoms with Gasteiger partial charge in [0.1, 0.15) is 6.54 Å². The molecule has 5 nitrogen and oxygen atoms in total. The Labute approximate surface area is 233 Å². The second-order valence-corrected chi connectivity index (χ2v) is 12.4. The van der Waals surface area contributed by atoms with Crippen molar-refractivity contribution in [3.63, 3.8) is 0 Å². The molecule has 0 aliphatic carbocycles. The number of rotatable bonds is 9. The SMILES string of the molecule is Cc1ccc(S(=O)(=O)N(CC(=O)Nc2ccc(CSc3ccccc3)cc2C)c2ccc(C)c(Cl)c2)cc1. The van der Waals surface area contributed by atoms with E-state index in [1.807, 2.05) is 57.2 Å². The van der Waals surface area contributed by atoms with Gasteiger partial charge in [0.25, 0.3) is 10.0 Å². The van der Waals surface area contributed by atoms with E-state index in [-0.39, 0.29) is 4.90 Å². The van der Waals surface area contributed by atoms with Crippen molar-refractivity contribution in [2.24, 2.45) is 0 Å². The Kier molecular flexibility index (Phi) is 8.82. The van der Waals surface area contributed by atoms with Gasteiger partial charge < -0.3 is 5.32 Å². The van der Waals surface area contributed by atoms with Crippen LogP contribution in [0.5, 0.6) is 0 Å². The first-order valence-corrected chi connectivity index (χ1v) is 14.9. The van der Waals surface area contributed by atoms with Crippen molar-refractivity contribution in [2.45, 2.75) is 36.3 Å². The summed E-state index contributed by atoms with van der Waals surface area (Å²) >= 11 is 8.06. The highest BCUT2D eigenvalue weighted by atomic mass is 35.5. The van der Waals surface area contributed by atoms with Crippen LogP contribution in [0.4, 0.5) is 11.4 Å². The van der Waals surface area contributed by atoms with Crippen LogP contribution in [0.3, 0.4) is 0 Å². The van der Waals surface area contributed by atoms with Gasteiger partial charge in [-0.1, -0.05) is 65.7 Å². The molecule has 1 N–H and O–H groups in total. The Hall–Kier alpha value is -3.26. The van der Waals surface area contributed by atoms with Gasteiger partial charge in [-0.2, -0.15) is 0 Å². The average molecular weight is 565 g/mol. The summed E-state index contributed by atoms with van der Waals surface area (Å²) in [6, 6.07) is 27.5. The van der Waals surface area contributed by atoms with Crippen molar-refractivity contribution in [1.29, 1.82) is 0 Å². The monoisotopic (exact) mass is 564 g/mol. The van der Waals surface area contributed by atoms with Crippen LogP contribution in [0.2, 0.25) is 5.02 Å². The molecule has 0 aliphatic rings. The summed E-state index contributed by atoms with van der Waals surface area (Å²) in [5.74, 6) is 0.349. The molecular formula is C30H29ClN2O3S2. The fourth-order valence-electron chi connectivity index (χ4n) is 3.85. The molecule has 196 valence electrons. The number of nitrogens with one attached hydrogen (secondary N) is 1. The van der Waals surface area contributed by atoms with Crippen molar-refractivity contribution >= 4 is 50.7 Å². The number of benzene rings is 4. The highest BCUT2D eigenvalue weighted by Crippen LogP contribution is 2.29. The lowest BCUT2D eigenvalue weighted by molar-refractivity contribution is -0.114. The average Bonchev–Trinajstić information content (AvgIpc) is 2.90. The van der Waals surface area contributed by atoms with E-state index in [9.17, 15) is 13.2 Å². The summed E-state index contributed by atoms with van der Waals surface area (Å²) in [7, 11) is -4.03. The normalized spacial score (nSPS) is 11.3. The third kappa shape index (κ3) is 6.78. The van der Waals surface area contributed by atoms with Crippen LogP contribution in [0.15, 0.2) is 101 Å². The molecule has 0 bridgehead atoms. The first-order valence-electron chi connectivity index (χ1n) is 12.1. The van der Waals surface area contributed by atoms with Gasteiger partial charge in [0.2, 0.25) is 5.91 Å². The maximum absolute atomic E-state index is 13.6. The molecule has 8 heteroatoms. The molecule has 1 amide bonds. The van der Waals surface area contributed by atoms with Gasteiger partial charge in [-0.15, -0.1) is 11.8 Å². The number of aryl methyl sites for hydroxylation is 3. The largest absolute Gasteiger partial charge is 0.324 e. The molecule has 0 spiro atoms. The molecule has 0 heterocycles. The van der Waals surface area contributed by atoms with Crippen LogP contribution in [-0.2, 0) is 20.6 Å². The van der Waals surface area contributed by atoms with Gasteiger partial charge in [-0.3, -0.25) is 9.10 Å². The lowest BCUT2D eigenvalue weighted by atomic mass is 10.1. The van der Waals surface area contributed by atoms with Gasteiger partial charge in [0.15, 0.2) is 0 Å². The van der Waals surface area contributed by atoms with Crippen LogP contribution in [-0.4, -0.2) is 20.9 Å². The maximum Gasteiger partial charge on any atom is 0.264 e. The number of amides is 1. The van der Waals surface area contributed by atoms with Crippen LogP contribution in [0.25, 0.3) is 0 Å². The standard InChI is InChI=1S/C30H29ClN2O3S2/c1-21-9-14-27(15-10-21)38(35,36)33(25-13-11-22(2)28(31)18-25)19-30(34)32-29-16-12-24(17-23(29)3)20-37-26-7-5-4-6-8-26/h4-18H,19-20H2,1-3H3,(H,32,34). The van der Waals surface area contributed by atoms with Gasteiger partial charge >= 0.3 is 0 Å². The molecule has 38 heavy (non-hydrogen) atoms. The number of thioether (sulfide) groups is 1. The molecule has 4 rings (SSSR count). The molecular weight excluding hydrogens is 536 g/mol.